The highest BCUT2D eigenvalue weighted by Crippen LogP contribution is 2.39. The van der Waals surface area contributed by atoms with Crippen LogP contribution in [0.2, 0.25) is 0 Å². The predicted molar refractivity (Wildman–Crippen MR) is 88.5 cm³/mol. The SMILES string of the molecule is Cc1ccsc1-c1noc(N)c1-c1ccc(C(C)C)cc1. The number of nitrogens with zero attached hydrogens (tertiary/aromatic N) is 1. The molecule has 0 unspecified atom stereocenters. The monoisotopic (exact) mass is 298 g/mol. The van der Waals surface area contributed by atoms with E-state index in [4.69, 9.17) is 10.3 Å². The number of rotatable bonds is 3. The first kappa shape index (κ1) is 13.9. The Morgan fingerprint density at radius 1 is 1.14 bits per heavy atom. The minimum absolute atomic E-state index is 0.370. The first-order valence-electron chi connectivity index (χ1n) is 6.98. The van der Waals surface area contributed by atoms with Gasteiger partial charge in [0.2, 0.25) is 5.88 Å². The number of aryl methyl sites for hydroxylation is 1. The molecule has 0 atom stereocenters. The van der Waals surface area contributed by atoms with Gasteiger partial charge in [-0.05, 0) is 41.0 Å². The number of aromatic nitrogens is 1. The lowest BCUT2D eigenvalue weighted by Gasteiger charge is -2.07. The third kappa shape index (κ3) is 2.47. The lowest BCUT2D eigenvalue weighted by atomic mass is 9.98. The van der Waals surface area contributed by atoms with Crippen LogP contribution in [-0.2, 0) is 0 Å². The van der Waals surface area contributed by atoms with Crippen LogP contribution in [-0.4, -0.2) is 5.16 Å². The lowest BCUT2D eigenvalue weighted by Crippen LogP contribution is -1.90. The van der Waals surface area contributed by atoms with E-state index in [1.165, 1.54) is 11.1 Å². The molecule has 4 heteroatoms. The van der Waals surface area contributed by atoms with Gasteiger partial charge in [-0.3, -0.25) is 0 Å². The van der Waals surface area contributed by atoms with Crippen LogP contribution in [0.5, 0.6) is 0 Å². The van der Waals surface area contributed by atoms with Gasteiger partial charge < -0.3 is 10.3 Å². The first-order valence-corrected chi connectivity index (χ1v) is 7.86. The molecule has 108 valence electrons. The Labute approximate surface area is 128 Å². The van der Waals surface area contributed by atoms with Gasteiger partial charge in [0, 0.05) is 0 Å². The van der Waals surface area contributed by atoms with Crippen LogP contribution in [0.3, 0.4) is 0 Å². The van der Waals surface area contributed by atoms with Crippen LogP contribution in [0.1, 0.15) is 30.9 Å². The maximum atomic E-state index is 6.00. The van der Waals surface area contributed by atoms with Crippen LogP contribution >= 0.6 is 11.3 Å². The van der Waals surface area contributed by atoms with Crippen molar-refractivity contribution in [2.24, 2.45) is 0 Å². The molecule has 0 bridgehead atoms. The second kappa shape index (κ2) is 5.37. The standard InChI is InChI=1S/C17H18N2OS/c1-10(2)12-4-6-13(7-5-12)14-15(19-20-17(14)18)16-11(3)8-9-21-16/h4-10H,18H2,1-3H3. The Morgan fingerprint density at radius 2 is 1.86 bits per heavy atom. The quantitative estimate of drug-likeness (QED) is 0.733. The van der Waals surface area contributed by atoms with Crippen LogP contribution in [0.15, 0.2) is 40.2 Å². The fourth-order valence-electron chi connectivity index (χ4n) is 2.39. The summed E-state index contributed by atoms with van der Waals surface area (Å²) < 4.78 is 5.24. The molecule has 0 aliphatic rings. The van der Waals surface area contributed by atoms with E-state index in [-0.39, 0.29) is 0 Å². The number of hydrogen-bond donors (Lipinski definition) is 1. The Bertz CT molecular complexity index is 753. The zero-order chi connectivity index (χ0) is 15.0. The highest BCUT2D eigenvalue weighted by atomic mass is 32.1. The maximum Gasteiger partial charge on any atom is 0.230 e. The number of hydrogen-bond acceptors (Lipinski definition) is 4. The summed E-state index contributed by atoms with van der Waals surface area (Å²) in [6.07, 6.45) is 0. The fourth-order valence-corrected chi connectivity index (χ4v) is 3.30. The smallest absolute Gasteiger partial charge is 0.230 e. The third-order valence-corrected chi connectivity index (χ3v) is 4.68. The number of anilines is 1. The van der Waals surface area contributed by atoms with Crippen molar-refractivity contribution in [1.82, 2.24) is 5.16 Å². The van der Waals surface area contributed by atoms with Crippen molar-refractivity contribution in [3.05, 3.63) is 46.8 Å². The van der Waals surface area contributed by atoms with E-state index in [2.05, 4.69) is 61.6 Å². The molecule has 0 saturated heterocycles. The molecule has 3 aromatic rings. The van der Waals surface area contributed by atoms with E-state index in [1.54, 1.807) is 11.3 Å². The highest BCUT2D eigenvalue weighted by Gasteiger charge is 2.19. The van der Waals surface area contributed by atoms with Gasteiger partial charge >= 0.3 is 0 Å². The van der Waals surface area contributed by atoms with Crippen molar-refractivity contribution in [2.45, 2.75) is 26.7 Å². The highest BCUT2D eigenvalue weighted by molar-refractivity contribution is 7.13. The Hall–Kier alpha value is -2.07. The molecule has 0 spiro atoms. The lowest BCUT2D eigenvalue weighted by molar-refractivity contribution is 0.439. The molecule has 0 radical (unpaired) electrons. The van der Waals surface area contributed by atoms with Crippen LogP contribution in [0.4, 0.5) is 5.88 Å². The van der Waals surface area contributed by atoms with Gasteiger partial charge in [0.05, 0.1) is 10.4 Å². The molecule has 0 aliphatic heterocycles. The molecule has 2 N–H and O–H groups in total. The predicted octanol–water partition coefficient (Wildman–Crippen LogP) is 5.08. The molecule has 21 heavy (non-hydrogen) atoms. The minimum Gasteiger partial charge on any atom is -0.367 e. The van der Waals surface area contributed by atoms with Gasteiger partial charge in [0.15, 0.2) is 0 Å². The number of nitrogen functional groups attached to an aromatic ring is 1. The normalized spacial score (nSPS) is 11.2. The number of thiophene rings is 1. The maximum absolute atomic E-state index is 6.00. The van der Waals surface area contributed by atoms with E-state index in [1.807, 2.05) is 0 Å². The first-order chi connectivity index (χ1) is 10.1. The minimum atomic E-state index is 0.370. The van der Waals surface area contributed by atoms with Crippen LogP contribution < -0.4 is 5.73 Å². The number of benzene rings is 1. The molecule has 3 rings (SSSR count). The summed E-state index contributed by atoms with van der Waals surface area (Å²) in [4.78, 5) is 1.11. The largest absolute Gasteiger partial charge is 0.367 e. The molecule has 0 fully saturated rings. The molecular formula is C17H18N2OS. The molecule has 2 aromatic heterocycles. The Morgan fingerprint density at radius 3 is 2.43 bits per heavy atom. The molecule has 1 aromatic carbocycles. The Kier molecular flexibility index (Phi) is 3.55. The van der Waals surface area contributed by atoms with Crippen molar-refractivity contribution >= 4 is 17.2 Å². The van der Waals surface area contributed by atoms with Gasteiger partial charge in [0.1, 0.15) is 5.69 Å². The summed E-state index contributed by atoms with van der Waals surface area (Å²) in [5.74, 6) is 0.882. The summed E-state index contributed by atoms with van der Waals surface area (Å²) in [6.45, 7) is 6.44. The van der Waals surface area contributed by atoms with Crippen molar-refractivity contribution < 1.29 is 4.52 Å². The number of nitrogens with two attached hydrogens (primary N) is 1. The van der Waals surface area contributed by atoms with Crippen LogP contribution in [0.25, 0.3) is 21.7 Å². The summed E-state index contributed by atoms with van der Waals surface area (Å²) in [6, 6.07) is 10.5. The summed E-state index contributed by atoms with van der Waals surface area (Å²) in [5, 5.41) is 6.22. The van der Waals surface area contributed by atoms with E-state index in [0.717, 1.165) is 21.7 Å². The van der Waals surface area contributed by atoms with E-state index in [0.29, 0.717) is 11.8 Å². The second-order valence-electron chi connectivity index (χ2n) is 5.48. The zero-order valence-electron chi connectivity index (χ0n) is 12.4. The van der Waals surface area contributed by atoms with Crippen molar-refractivity contribution in [1.29, 1.82) is 0 Å². The van der Waals surface area contributed by atoms with Crippen molar-refractivity contribution in [3.8, 4) is 21.7 Å². The fraction of sp³-hybridized carbons (Fsp3) is 0.235. The van der Waals surface area contributed by atoms with Gasteiger partial charge in [-0.2, -0.15) is 0 Å². The summed E-state index contributed by atoms with van der Waals surface area (Å²) in [7, 11) is 0. The molecule has 2 heterocycles. The topological polar surface area (TPSA) is 52.0 Å². The average Bonchev–Trinajstić information content (AvgIpc) is 3.04. The van der Waals surface area contributed by atoms with Gasteiger partial charge in [-0.15, -0.1) is 11.3 Å². The van der Waals surface area contributed by atoms with Crippen molar-refractivity contribution in [3.63, 3.8) is 0 Å². The summed E-state index contributed by atoms with van der Waals surface area (Å²) >= 11 is 1.65. The molecule has 0 saturated carbocycles. The van der Waals surface area contributed by atoms with Gasteiger partial charge in [-0.1, -0.05) is 43.3 Å². The molecule has 3 nitrogen and oxygen atoms in total. The molecule has 0 amide bonds. The van der Waals surface area contributed by atoms with E-state index >= 15 is 0 Å². The van der Waals surface area contributed by atoms with E-state index < -0.39 is 0 Å². The van der Waals surface area contributed by atoms with Crippen molar-refractivity contribution in [2.75, 3.05) is 5.73 Å². The molecule has 0 aliphatic carbocycles. The van der Waals surface area contributed by atoms with Gasteiger partial charge in [-0.25, -0.2) is 0 Å². The third-order valence-electron chi connectivity index (χ3n) is 3.66. The Balaban J connectivity index is 2.10. The summed E-state index contributed by atoms with van der Waals surface area (Å²) in [5.41, 5.74) is 11.3. The van der Waals surface area contributed by atoms with E-state index in [9.17, 15) is 0 Å². The zero-order valence-corrected chi connectivity index (χ0v) is 13.2. The average molecular weight is 298 g/mol. The van der Waals surface area contributed by atoms with Gasteiger partial charge in [0.25, 0.3) is 0 Å². The molecular weight excluding hydrogens is 280 g/mol. The van der Waals surface area contributed by atoms with Crippen LogP contribution in [0, 0.1) is 6.92 Å². The second-order valence-corrected chi connectivity index (χ2v) is 6.40.